The summed E-state index contributed by atoms with van der Waals surface area (Å²) in [6.07, 6.45) is 6.65. The number of hydrogen-bond donors (Lipinski definition) is 1. The van der Waals surface area contributed by atoms with Crippen molar-refractivity contribution in [1.82, 2.24) is 10.3 Å². The van der Waals surface area contributed by atoms with Gasteiger partial charge in [0.05, 0.1) is 24.6 Å². The molecular weight excluding hydrogens is 348 g/mol. The first-order valence-electron chi connectivity index (χ1n) is 9.13. The number of carbonyl (C=O) groups is 1. The minimum absolute atomic E-state index is 0.0680. The van der Waals surface area contributed by atoms with Gasteiger partial charge in [0, 0.05) is 24.9 Å². The maximum atomic E-state index is 12.2. The monoisotopic (exact) mass is 376 g/mol. The van der Waals surface area contributed by atoms with E-state index < -0.39 is 0 Å². The van der Waals surface area contributed by atoms with Crippen molar-refractivity contribution in [1.29, 1.82) is 0 Å². The van der Waals surface area contributed by atoms with Crippen molar-refractivity contribution in [2.75, 3.05) is 12.5 Å². The Hall–Kier alpha value is -1.89. The van der Waals surface area contributed by atoms with Crippen LogP contribution in [0.3, 0.4) is 0 Å². The summed E-state index contributed by atoms with van der Waals surface area (Å²) in [5, 5.41) is 11.8. The molecule has 1 aromatic heterocycles. The van der Waals surface area contributed by atoms with Crippen LogP contribution < -0.4 is 10.1 Å². The summed E-state index contributed by atoms with van der Waals surface area (Å²) in [5.74, 6) is 2.28. The summed E-state index contributed by atoms with van der Waals surface area (Å²) in [6.45, 7) is 8.27. The Bertz CT molecular complexity index is 636. The third-order valence-corrected chi connectivity index (χ3v) is 5.38. The van der Waals surface area contributed by atoms with Crippen molar-refractivity contribution in [3.63, 3.8) is 0 Å². The fourth-order valence-corrected chi connectivity index (χ4v) is 4.13. The highest BCUT2D eigenvalue weighted by Gasteiger charge is 2.24. The van der Waals surface area contributed by atoms with Crippen LogP contribution in [-0.2, 0) is 11.2 Å². The Balaban J connectivity index is 1.81. The molecule has 26 heavy (non-hydrogen) atoms. The molecule has 1 aromatic rings. The Morgan fingerprint density at radius 1 is 1.50 bits per heavy atom. The molecule has 2 rings (SSSR count). The Kier molecular flexibility index (Phi) is 8.61. The molecule has 1 heterocycles. The number of pyridine rings is 1. The Labute approximate surface area is 159 Å². The van der Waals surface area contributed by atoms with E-state index in [1.807, 2.05) is 6.92 Å². The molecule has 0 aliphatic heterocycles. The molecule has 7 heteroatoms. The van der Waals surface area contributed by atoms with Crippen LogP contribution >= 0.6 is 11.8 Å². The first-order chi connectivity index (χ1) is 12.6. The Morgan fingerprint density at radius 3 is 3.08 bits per heavy atom. The average Bonchev–Trinajstić information content (AvgIpc) is 2.61. The molecule has 1 N–H and O–H groups in total. The zero-order chi connectivity index (χ0) is 18.8. The minimum atomic E-state index is -0.0680. The quantitative estimate of drug-likeness (QED) is 0.325. The van der Waals surface area contributed by atoms with E-state index in [4.69, 9.17) is 4.74 Å². The van der Waals surface area contributed by atoms with Gasteiger partial charge in [0.25, 0.3) is 0 Å². The largest absolute Gasteiger partial charge is 0.494 e. The highest BCUT2D eigenvalue weighted by Crippen LogP contribution is 2.32. The number of rotatable bonds is 8. The molecular formula is C19H28N4O2S. The van der Waals surface area contributed by atoms with Crippen LogP contribution in [0, 0.1) is 11.8 Å². The van der Waals surface area contributed by atoms with E-state index in [-0.39, 0.29) is 12.3 Å². The highest BCUT2D eigenvalue weighted by atomic mass is 32.2. The molecule has 142 valence electrons. The number of thioether (sulfide) groups is 1. The van der Waals surface area contributed by atoms with E-state index >= 15 is 0 Å². The van der Waals surface area contributed by atoms with Gasteiger partial charge in [0.1, 0.15) is 10.8 Å². The van der Waals surface area contributed by atoms with Crippen molar-refractivity contribution in [3.05, 3.63) is 24.0 Å². The predicted molar refractivity (Wildman–Crippen MR) is 108 cm³/mol. The molecule has 1 saturated carbocycles. The molecule has 2 atom stereocenters. The van der Waals surface area contributed by atoms with Crippen molar-refractivity contribution >= 4 is 29.4 Å². The van der Waals surface area contributed by atoms with Crippen molar-refractivity contribution < 1.29 is 9.53 Å². The lowest BCUT2D eigenvalue weighted by atomic mass is 9.83. The summed E-state index contributed by atoms with van der Waals surface area (Å²) < 4.78 is 5.44. The molecule has 0 radical (unpaired) electrons. The third-order valence-electron chi connectivity index (χ3n) is 4.39. The summed E-state index contributed by atoms with van der Waals surface area (Å²) in [7, 11) is 0. The fourth-order valence-electron chi connectivity index (χ4n) is 3.18. The van der Waals surface area contributed by atoms with Gasteiger partial charge >= 0.3 is 0 Å². The third kappa shape index (κ3) is 6.78. The molecule has 1 fully saturated rings. The number of aromatic nitrogens is 1. The zero-order valence-corrected chi connectivity index (χ0v) is 16.4. The number of carbonyl (C=O) groups excluding carboxylic acids is 1. The van der Waals surface area contributed by atoms with E-state index in [9.17, 15) is 4.79 Å². The van der Waals surface area contributed by atoms with Gasteiger partial charge in [-0.15, -0.1) is 5.10 Å². The van der Waals surface area contributed by atoms with Crippen molar-refractivity contribution in [3.8, 4) is 5.75 Å². The van der Waals surface area contributed by atoms with Gasteiger partial charge in [-0.05, 0) is 31.7 Å². The second kappa shape index (κ2) is 11.0. The van der Waals surface area contributed by atoms with Gasteiger partial charge in [-0.3, -0.25) is 9.78 Å². The number of nitrogens with one attached hydrogen (secondary N) is 1. The molecule has 0 saturated heterocycles. The van der Waals surface area contributed by atoms with Gasteiger partial charge in [0.2, 0.25) is 5.91 Å². The molecule has 1 aliphatic carbocycles. The lowest BCUT2D eigenvalue weighted by molar-refractivity contribution is -0.120. The van der Waals surface area contributed by atoms with Gasteiger partial charge in [0.15, 0.2) is 0 Å². The topological polar surface area (TPSA) is 75.9 Å². The maximum Gasteiger partial charge on any atom is 0.226 e. The summed E-state index contributed by atoms with van der Waals surface area (Å²) in [4.78, 5) is 16.4. The summed E-state index contributed by atoms with van der Waals surface area (Å²) in [6, 6.07) is 3.59. The molecule has 0 bridgehead atoms. The lowest BCUT2D eigenvalue weighted by Gasteiger charge is -2.27. The maximum absolute atomic E-state index is 12.2. The fraction of sp³-hybridized carbons (Fsp3) is 0.579. The molecule has 1 unspecified atom stereocenters. The molecule has 1 amide bonds. The van der Waals surface area contributed by atoms with Crippen LogP contribution in [0.5, 0.6) is 5.75 Å². The van der Waals surface area contributed by atoms with E-state index in [1.165, 1.54) is 12.8 Å². The van der Waals surface area contributed by atoms with Crippen LogP contribution in [0.15, 0.2) is 28.5 Å². The first-order valence-corrected chi connectivity index (χ1v) is 10.1. The van der Waals surface area contributed by atoms with Crippen LogP contribution in [0.2, 0.25) is 0 Å². The van der Waals surface area contributed by atoms with E-state index in [2.05, 4.69) is 34.1 Å². The second-order valence-corrected chi connectivity index (χ2v) is 7.53. The normalized spacial score (nSPS) is 20.5. The van der Waals surface area contributed by atoms with Gasteiger partial charge < -0.3 is 10.1 Å². The molecule has 1 aliphatic rings. The van der Waals surface area contributed by atoms with E-state index in [1.54, 1.807) is 30.1 Å². The van der Waals surface area contributed by atoms with Gasteiger partial charge in [-0.2, -0.15) is 5.10 Å². The first kappa shape index (κ1) is 20.4. The van der Waals surface area contributed by atoms with E-state index in [0.29, 0.717) is 30.0 Å². The number of hydrogen-bond acceptors (Lipinski definition) is 6. The second-order valence-electron chi connectivity index (χ2n) is 6.53. The standard InChI is InChI=1S/C19H28N4O2S/c1-4-25-17-8-9-21-16(11-17)12-18(24)22-13-26-19(23-20-3)15-7-5-6-14(2)10-15/h8-9,11,14-15H,3-7,10,12-13H2,1-2H3,(H,22,24)/b23-19-/t14-,15?/m0/s1. The lowest BCUT2D eigenvalue weighted by Crippen LogP contribution is -2.27. The van der Waals surface area contributed by atoms with Crippen LogP contribution in [0.25, 0.3) is 0 Å². The number of amides is 1. The summed E-state index contributed by atoms with van der Waals surface area (Å²) in [5.41, 5.74) is 0.696. The zero-order valence-electron chi connectivity index (χ0n) is 15.6. The summed E-state index contributed by atoms with van der Waals surface area (Å²) >= 11 is 1.54. The molecule has 0 aromatic carbocycles. The van der Waals surface area contributed by atoms with Gasteiger partial charge in [-0.25, -0.2) is 0 Å². The van der Waals surface area contributed by atoms with Crippen LogP contribution in [0.4, 0.5) is 0 Å². The minimum Gasteiger partial charge on any atom is -0.494 e. The van der Waals surface area contributed by atoms with Crippen LogP contribution in [0.1, 0.15) is 45.2 Å². The van der Waals surface area contributed by atoms with Crippen molar-refractivity contribution in [2.24, 2.45) is 22.0 Å². The average molecular weight is 377 g/mol. The number of nitrogens with zero attached hydrogens (tertiary/aromatic N) is 3. The van der Waals surface area contributed by atoms with Crippen molar-refractivity contribution in [2.45, 2.75) is 46.0 Å². The molecule has 0 spiro atoms. The predicted octanol–water partition coefficient (Wildman–Crippen LogP) is 3.67. The Morgan fingerprint density at radius 2 is 2.35 bits per heavy atom. The highest BCUT2D eigenvalue weighted by molar-refractivity contribution is 8.13. The molecule has 6 nitrogen and oxygen atoms in total. The number of ether oxygens (including phenoxy) is 1. The smallest absolute Gasteiger partial charge is 0.226 e. The van der Waals surface area contributed by atoms with Crippen LogP contribution in [-0.4, -0.2) is 35.1 Å². The van der Waals surface area contributed by atoms with Gasteiger partial charge in [-0.1, -0.05) is 31.5 Å². The SMILES string of the molecule is C=N/N=C(\SCNC(=O)Cc1cc(OCC)ccn1)C1CCC[C@H](C)C1. The van der Waals surface area contributed by atoms with E-state index in [0.717, 1.165) is 23.6 Å².